The van der Waals surface area contributed by atoms with Gasteiger partial charge >= 0.3 is 23.9 Å². The Bertz CT molecular complexity index is 1790. The van der Waals surface area contributed by atoms with E-state index in [-0.39, 0.29) is 122 Å². The van der Waals surface area contributed by atoms with Crippen LogP contribution in [0.2, 0.25) is 0 Å². The van der Waals surface area contributed by atoms with Gasteiger partial charge < -0.3 is 76.6 Å². The fraction of sp³-hybridized carbons (Fsp3) is 0.792. The van der Waals surface area contributed by atoms with Crippen LogP contribution in [0.5, 0.6) is 0 Å². The minimum atomic E-state index is -1.48. The van der Waals surface area contributed by atoms with Crippen LogP contribution in [0.3, 0.4) is 0 Å². The lowest BCUT2D eigenvalue weighted by Gasteiger charge is -2.17. The summed E-state index contributed by atoms with van der Waals surface area (Å²) in [6.45, 7) is 1.83. The number of amides is 6. The molecule has 0 saturated heterocycles. The Morgan fingerprint density at radius 3 is 1.11 bits per heavy atom. The molecule has 0 aliphatic heterocycles. The zero-order valence-corrected chi connectivity index (χ0v) is 46.7. The van der Waals surface area contributed by atoms with Crippen molar-refractivity contribution in [2.45, 2.75) is 192 Å². The van der Waals surface area contributed by atoms with Crippen molar-refractivity contribution in [1.82, 2.24) is 37.2 Å². The van der Waals surface area contributed by atoms with Crippen molar-refractivity contribution in [1.29, 1.82) is 0 Å². The number of ether oxygens (including phenoxy) is 4. The van der Waals surface area contributed by atoms with Gasteiger partial charge in [-0.3, -0.25) is 38.4 Å². The highest BCUT2D eigenvalue weighted by atomic mass is 16.5. The molecule has 0 saturated carbocycles. The van der Waals surface area contributed by atoms with E-state index < -0.39 is 84.6 Å². The number of hydrogen-bond donors (Lipinski definition) is 11. The van der Waals surface area contributed by atoms with Gasteiger partial charge in [0.25, 0.3) is 0 Å². The zero-order chi connectivity index (χ0) is 58.9. The minimum Gasteiger partial charge on any atom is -0.481 e. The molecule has 0 aromatic rings. The summed E-state index contributed by atoms with van der Waals surface area (Å²) in [5, 5.41) is 55.1. The maximum Gasteiger partial charge on any atom is 0.326 e. The molecule has 0 radical (unpaired) electrons. The van der Waals surface area contributed by atoms with Crippen LogP contribution in [0.4, 0.5) is 0 Å². The Morgan fingerprint density at radius 1 is 0.342 bits per heavy atom. The summed E-state index contributed by atoms with van der Waals surface area (Å²) in [6, 6.07) is -4.32. The van der Waals surface area contributed by atoms with Crippen LogP contribution < -0.4 is 37.2 Å². The molecule has 0 fully saturated rings. The lowest BCUT2D eigenvalue weighted by molar-refractivity contribution is -0.144. The van der Waals surface area contributed by atoms with Crippen molar-refractivity contribution in [3.8, 4) is 0 Å². The molecule has 26 nitrogen and oxygen atoms in total. The topological polar surface area (TPSA) is 390 Å². The molecule has 0 rings (SSSR count). The summed E-state index contributed by atoms with van der Waals surface area (Å²) in [5.41, 5.74) is 0. The van der Waals surface area contributed by atoms with Gasteiger partial charge in [0, 0.05) is 51.7 Å². The first-order chi connectivity index (χ1) is 37.9. The van der Waals surface area contributed by atoms with Gasteiger partial charge in [0.05, 0.1) is 45.7 Å². The third-order valence-electron chi connectivity index (χ3n) is 12.4. The first kappa shape index (κ1) is 73.2. The predicted molar refractivity (Wildman–Crippen MR) is 288 cm³/mol. The molecule has 4 atom stereocenters. The highest BCUT2D eigenvalue weighted by Crippen LogP contribution is 2.14. The smallest absolute Gasteiger partial charge is 0.326 e. The summed E-state index contributed by atoms with van der Waals surface area (Å²) in [6.07, 6.45) is 15.8. The van der Waals surface area contributed by atoms with Crippen molar-refractivity contribution in [3.05, 3.63) is 0 Å². The van der Waals surface area contributed by atoms with Gasteiger partial charge in [-0.2, -0.15) is 0 Å². The summed E-state index contributed by atoms with van der Waals surface area (Å²) in [7, 11) is 1.69. The third kappa shape index (κ3) is 45.7. The van der Waals surface area contributed by atoms with Crippen LogP contribution in [0, 0.1) is 0 Å². The molecule has 4 unspecified atom stereocenters. The van der Waals surface area contributed by atoms with Crippen LogP contribution in [0.1, 0.15) is 167 Å². The standard InChI is InChI=1S/C53H93N7O19/c1-39(61)40(54-2)19-17-18-28-55-44(62)25-22-42(52(72)73)59-47(65)27-24-43(53(74)75)60-49(67)38-79-36-34-77-32-30-57-48(66)37-78-35-33-76-31-29-56-45(63)26-23-41(51(70)71)58-46(64)20-15-13-11-9-7-5-3-4-6-8-10-12-14-16-21-50(68)69/h40-43,54H,3-38H2,1-2H3,(H,55,62)(H,56,63)(H,57,66)(H,58,64)(H,59,65)(H,60,67)(H,68,69)(H,70,71)(H,72,73)(H,74,75). The average molecular weight is 1130 g/mol. The number of carbonyl (C=O) groups is 11. The molecule has 26 heteroatoms. The van der Waals surface area contributed by atoms with Crippen molar-refractivity contribution in [3.63, 3.8) is 0 Å². The van der Waals surface area contributed by atoms with E-state index >= 15 is 0 Å². The molecule has 11 N–H and O–H groups in total. The molecule has 6 amide bonds. The number of hydrogen-bond acceptors (Lipinski definition) is 16. The summed E-state index contributed by atoms with van der Waals surface area (Å²) in [4.78, 5) is 131. The Hall–Kier alpha value is -5.83. The second kappa shape index (κ2) is 49.2. The predicted octanol–water partition coefficient (Wildman–Crippen LogP) is 2.12. The third-order valence-corrected chi connectivity index (χ3v) is 12.4. The van der Waals surface area contributed by atoms with Crippen molar-refractivity contribution in [2.24, 2.45) is 0 Å². The van der Waals surface area contributed by atoms with Gasteiger partial charge in [-0.25, -0.2) is 14.4 Å². The van der Waals surface area contributed by atoms with E-state index in [0.717, 1.165) is 51.4 Å². The molecule has 0 bridgehead atoms. The fourth-order valence-electron chi connectivity index (χ4n) is 7.83. The van der Waals surface area contributed by atoms with Crippen LogP contribution >= 0.6 is 0 Å². The second-order valence-corrected chi connectivity index (χ2v) is 19.2. The Labute approximate surface area is 464 Å². The Morgan fingerprint density at radius 2 is 0.696 bits per heavy atom. The van der Waals surface area contributed by atoms with Crippen molar-refractivity contribution >= 4 is 65.1 Å². The summed E-state index contributed by atoms with van der Waals surface area (Å²) < 4.78 is 21.2. The Kier molecular flexibility index (Phi) is 45.6. The van der Waals surface area contributed by atoms with Crippen LogP contribution in [-0.4, -0.2) is 189 Å². The van der Waals surface area contributed by atoms with Crippen LogP contribution in [0.15, 0.2) is 0 Å². The van der Waals surface area contributed by atoms with E-state index in [0.29, 0.717) is 32.2 Å². The number of nitrogens with one attached hydrogen (secondary N) is 7. The average Bonchev–Trinajstić information content (AvgIpc) is 3.39. The number of unbranched alkanes of at least 4 members (excludes halogenated alkanes) is 14. The number of likely N-dealkylation sites (N-methyl/N-ethyl adjacent to an activating group) is 1. The van der Waals surface area contributed by atoms with Gasteiger partial charge in [0.1, 0.15) is 37.1 Å². The molecule has 0 aliphatic carbocycles. The van der Waals surface area contributed by atoms with E-state index in [1.54, 1.807) is 7.05 Å². The molecule has 0 aromatic heterocycles. The number of carboxylic acids is 4. The number of rotatable bonds is 55. The number of carboxylic acid groups (broad SMARTS) is 4. The number of carbonyl (C=O) groups excluding carboxylic acids is 7. The highest BCUT2D eigenvalue weighted by Gasteiger charge is 2.25. The molecule has 454 valence electrons. The lowest BCUT2D eigenvalue weighted by atomic mass is 10.0. The van der Waals surface area contributed by atoms with Gasteiger partial charge in [0.2, 0.25) is 35.4 Å². The van der Waals surface area contributed by atoms with E-state index in [4.69, 9.17) is 24.1 Å². The van der Waals surface area contributed by atoms with Gasteiger partial charge in [-0.15, -0.1) is 0 Å². The molecular weight excluding hydrogens is 1040 g/mol. The highest BCUT2D eigenvalue weighted by molar-refractivity contribution is 5.87. The van der Waals surface area contributed by atoms with Gasteiger partial charge in [0.15, 0.2) is 0 Å². The number of Topliss-reactive ketones (excluding diaryl/α,β-unsaturated/α-hetero) is 1. The normalized spacial score (nSPS) is 12.5. The first-order valence-corrected chi connectivity index (χ1v) is 27.9. The Balaban J connectivity index is 3.97. The van der Waals surface area contributed by atoms with E-state index in [1.807, 2.05) is 0 Å². The SMILES string of the molecule is CNC(CCCCNC(=O)CCC(NC(=O)CCC(NC(=O)COCCOCCNC(=O)COCCOCCNC(=O)CCC(NC(=O)CCCCCCCCCCCCCCCCC(=O)O)C(=O)O)C(=O)O)C(=O)O)C(C)=O. The quantitative estimate of drug-likeness (QED) is 0.0389. The maximum absolute atomic E-state index is 12.5. The van der Waals surface area contributed by atoms with Crippen molar-refractivity contribution in [2.75, 3.05) is 79.5 Å². The maximum atomic E-state index is 12.5. The monoisotopic (exact) mass is 1130 g/mol. The summed E-state index contributed by atoms with van der Waals surface area (Å²) >= 11 is 0. The number of ketones is 1. The number of aliphatic carboxylic acids is 4. The molecule has 0 aromatic carbocycles. The van der Waals surface area contributed by atoms with Gasteiger partial charge in [-0.1, -0.05) is 77.0 Å². The first-order valence-electron chi connectivity index (χ1n) is 27.9. The van der Waals surface area contributed by atoms with Gasteiger partial charge in [-0.05, 0) is 65.3 Å². The van der Waals surface area contributed by atoms with Crippen LogP contribution in [-0.2, 0) is 71.7 Å². The molecule has 0 spiro atoms. The van der Waals surface area contributed by atoms with E-state index in [9.17, 15) is 68.1 Å². The minimum absolute atomic E-state index is 0.0165. The molecule has 0 aliphatic rings. The van der Waals surface area contributed by atoms with E-state index in [2.05, 4.69) is 37.2 Å². The molecule has 79 heavy (non-hydrogen) atoms. The van der Waals surface area contributed by atoms with Crippen molar-refractivity contribution < 1.29 is 92.1 Å². The van der Waals surface area contributed by atoms with Crippen LogP contribution in [0.25, 0.3) is 0 Å². The fourth-order valence-corrected chi connectivity index (χ4v) is 7.83. The molecular formula is C53H93N7O19. The lowest BCUT2D eigenvalue weighted by Crippen LogP contribution is -2.45. The van der Waals surface area contributed by atoms with E-state index in [1.165, 1.54) is 39.0 Å². The zero-order valence-electron chi connectivity index (χ0n) is 46.7. The summed E-state index contributed by atoms with van der Waals surface area (Å²) in [5.74, 6) is -7.88. The molecule has 0 heterocycles. The largest absolute Gasteiger partial charge is 0.481 e. The second-order valence-electron chi connectivity index (χ2n) is 19.2.